The molecule has 0 unspecified atom stereocenters. The molecule has 2 aliphatic rings. The van der Waals surface area contributed by atoms with Crippen molar-refractivity contribution in [2.75, 3.05) is 6.54 Å². The van der Waals surface area contributed by atoms with E-state index in [1.165, 1.54) is 44.9 Å². The molecule has 2 atom stereocenters. The predicted octanol–water partition coefficient (Wildman–Crippen LogP) is 3.24. The highest BCUT2D eigenvalue weighted by Crippen LogP contribution is 2.28. The summed E-state index contributed by atoms with van der Waals surface area (Å²) >= 11 is 0. The maximum Gasteiger partial charge on any atom is 0.223 e. The molecule has 3 nitrogen and oxygen atoms in total. The number of amides is 1. The molecular weight excluding hydrogens is 248 g/mol. The molecule has 1 amide bonds. The van der Waals surface area contributed by atoms with E-state index in [0.717, 1.165) is 25.3 Å². The molecule has 0 aromatic carbocycles. The first kappa shape index (κ1) is 15.8. The monoisotopic (exact) mass is 280 g/mol. The number of carbonyl (C=O) groups excluding carboxylic acids is 1. The van der Waals surface area contributed by atoms with Gasteiger partial charge in [0, 0.05) is 18.0 Å². The standard InChI is InChI=1S/C17H32N2O/c1-3-4-5-14-6-8-16(9-7-14)19-17(20)15-10-11-18-13(2)12-15/h13-16,18H,3-12H2,1-2H3,(H,19,20)/t13-,14?,15-,16?/m0/s1. The summed E-state index contributed by atoms with van der Waals surface area (Å²) < 4.78 is 0. The largest absolute Gasteiger partial charge is 0.353 e. The van der Waals surface area contributed by atoms with Crippen molar-refractivity contribution in [1.82, 2.24) is 10.6 Å². The van der Waals surface area contributed by atoms with Gasteiger partial charge in [-0.25, -0.2) is 0 Å². The van der Waals surface area contributed by atoms with E-state index in [0.29, 0.717) is 18.0 Å². The highest BCUT2D eigenvalue weighted by Gasteiger charge is 2.28. The van der Waals surface area contributed by atoms with Gasteiger partial charge in [0.2, 0.25) is 5.91 Å². The maximum atomic E-state index is 12.3. The fraction of sp³-hybridized carbons (Fsp3) is 0.941. The Balaban J connectivity index is 1.68. The topological polar surface area (TPSA) is 41.1 Å². The number of carbonyl (C=O) groups is 1. The van der Waals surface area contributed by atoms with Crippen LogP contribution >= 0.6 is 0 Å². The van der Waals surface area contributed by atoms with Crippen LogP contribution in [0.5, 0.6) is 0 Å². The Morgan fingerprint density at radius 1 is 1.20 bits per heavy atom. The van der Waals surface area contributed by atoms with Gasteiger partial charge in [-0.1, -0.05) is 26.2 Å². The van der Waals surface area contributed by atoms with Crippen LogP contribution in [0.25, 0.3) is 0 Å². The lowest BCUT2D eigenvalue weighted by Crippen LogP contribution is -2.46. The van der Waals surface area contributed by atoms with Crippen molar-refractivity contribution in [3.8, 4) is 0 Å². The van der Waals surface area contributed by atoms with Gasteiger partial charge >= 0.3 is 0 Å². The normalized spacial score (nSPS) is 34.7. The molecule has 1 heterocycles. The van der Waals surface area contributed by atoms with Crippen LogP contribution in [0.2, 0.25) is 0 Å². The molecule has 1 saturated carbocycles. The summed E-state index contributed by atoms with van der Waals surface area (Å²) in [5, 5.41) is 6.73. The molecule has 0 aromatic rings. The molecule has 116 valence electrons. The molecule has 2 rings (SSSR count). The Bertz CT molecular complexity index is 297. The van der Waals surface area contributed by atoms with Crippen LogP contribution in [-0.2, 0) is 4.79 Å². The van der Waals surface area contributed by atoms with Crippen LogP contribution in [0.3, 0.4) is 0 Å². The molecule has 1 aliphatic heterocycles. The summed E-state index contributed by atoms with van der Waals surface area (Å²) in [5.41, 5.74) is 0. The number of piperidine rings is 1. The molecule has 1 saturated heterocycles. The lowest BCUT2D eigenvalue weighted by Gasteiger charge is -2.32. The molecule has 0 radical (unpaired) electrons. The summed E-state index contributed by atoms with van der Waals surface area (Å²) in [6.45, 7) is 5.44. The zero-order valence-electron chi connectivity index (χ0n) is 13.3. The van der Waals surface area contributed by atoms with Crippen LogP contribution in [0.15, 0.2) is 0 Å². The van der Waals surface area contributed by atoms with Gasteiger partial charge in [0.1, 0.15) is 0 Å². The summed E-state index contributed by atoms with van der Waals surface area (Å²) in [6, 6.07) is 0.940. The average Bonchev–Trinajstić information content (AvgIpc) is 2.46. The summed E-state index contributed by atoms with van der Waals surface area (Å²) in [4.78, 5) is 12.3. The Hall–Kier alpha value is -0.570. The van der Waals surface area contributed by atoms with Crippen molar-refractivity contribution in [1.29, 1.82) is 0 Å². The predicted molar refractivity (Wildman–Crippen MR) is 83.6 cm³/mol. The fourth-order valence-corrected chi connectivity index (χ4v) is 3.78. The van der Waals surface area contributed by atoms with Crippen LogP contribution < -0.4 is 10.6 Å². The SMILES string of the molecule is CCCCC1CCC(NC(=O)[C@H]2CCN[C@@H](C)C2)CC1. The quantitative estimate of drug-likeness (QED) is 0.811. The van der Waals surface area contributed by atoms with Gasteiger partial charge < -0.3 is 10.6 Å². The second-order valence-corrected chi connectivity index (χ2v) is 6.94. The summed E-state index contributed by atoms with van der Waals surface area (Å²) in [6.07, 6.45) is 11.1. The number of unbranched alkanes of at least 4 members (excludes halogenated alkanes) is 1. The van der Waals surface area contributed by atoms with Crippen molar-refractivity contribution in [2.45, 2.75) is 83.7 Å². The van der Waals surface area contributed by atoms with E-state index in [1.54, 1.807) is 0 Å². The second kappa shape index (κ2) is 8.02. The Labute approximate surface area is 124 Å². The molecule has 3 heteroatoms. The molecule has 20 heavy (non-hydrogen) atoms. The van der Waals surface area contributed by atoms with E-state index < -0.39 is 0 Å². The fourth-order valence-electron chi connectivity index (χ4n) is 3.78. The van der Waals surface area contributed by atoms with E-state index in [9.17, 15) is 4.79 Å². The van der Waals surface area contributed by atoms with Gasteiger partial charge in [0.15, 0.2) is 0 Å². The van der Waals surface area contributed by atoms with Gasteiger partial charge in [-0.15, -0.1) is 0 Å². The zero-order chi connectivity index (χ0) is 14.4. The third kappa shape index (κ3) is 4.76. The van der Waals surface area contributed by atoms with Crippen molar-refractivity contribution >= 4 is 5.91 Å². The van der Waals surface area contributed by atoms with Gasteiger partial charge in [-0.05, 0) is 57.9 Å². The van der Waals surface area contributed by atoms with Gasteiger partial charge in [-0.3, -0.25) is 4.79 Å². The molecule has 0 bridgehead atoms. The number of rotatable bonds is 5. The zero-order valence-corrected chi connectivity index (χ0v) is 13.3. The van der Waals surface area contributed by atoms with Crippen molar-refractivity contribution < 1.29 is 4.79 Å². The van der Waals surface area contributed by atoms with Gasteiger partial charge in [0.05, 0.1) is 0 Å². The third-order valence-corrected chi connectivity index (χ3v) is 5.15. The molecule has 0 spiro atoms. The van der Waals surface area contributed by atoms with Crippen molar-refractivity contribution in [2.24, 2.45) is 11.8 Å². The molecule has 2 N–H and O–H groups in total. The minimum absolute atomic E-state index is 0.240. The lowest BCUT2D eigenvalue weighted by molar-refractivity contribution is -0.127. The van der Waals surface area contributed by atoms with Crippen LogP contribution in [0.1, 0.15) is 71.6 Å². The summed E-state index contributed by atoms with van der Waals surface area (Å²) in [7, 11) is 0. The van der Waals surface area contributed by atoms with Gasteiger partial charge in [-0.2, -0.15) is 0 Å². The Morgan fingerprint density at radius 2 is 1.95 bits per heavy atom. The number of hydrogen-bond acceptors (Lipinski definition) is 2. The van der Waals surface area contributed by atoms with Crippen molar-refractivity contribution in [3.63, 3.8) is 0 Å². The first-order chi connectivity index (χ1) is 9.69. The molecule has 0 aromatic heterocycles. The summed E-state index contributed by atoms with van der Waals surface area (Å²) in [5.74, 6) is 1.47. The molecule has 1 aliphatic carbocycles. The Morgan fingerprint density at radius 3 is 2.60 bits per heavy atom. The van der Waals surface area contributed by atoms with E-state index in [-0.39, 0.29) is 5.92 Å². The average molecular weight is 280 g/mol. The highest BCUT2D eigenvalue weighted by atomic mass is 16.1. The van der Waals surface area contributed by atoms with Crippen LogP contribution in [0, 0.1) is 11.8 Å². The number of hydrogen-bond donors (Lipinski definition) is 2. The van der Waals surface area contributed by atoms with E-state index >= 15 is 0 Å². The molecule has 2 fully saturated rings. The first-order valence-corrected chi connectivity index (χ1v) is 8.72. The van der Waals surface area contributed by atoms with Gasteiger partial charge in [0.25, 0.3) is 0 Å². The minimum Gasteiger partial charge on any atom is -0.353 e. The first-order valence-electron chi connectivity index (χ1n) is 8.72. The van der Waals surface area contributed by atoms with E-state index in [2.05, 4.69) is 24.5 Å². The second-order valence-electron chi connectivity index (χ2n) is 6.94. The minimum atomic E-state index is 0.240. The van der Waals surface area contributed by atoms with Crippen LogP contribution in [0.4, 0.5) is 0 Å². The van der Waals surface area contributed by atoms with Crippen LogP contribution in [-0.4, -0.2) is 24.5 Å². The third-order valence-electron chi connectivity index (χ3n) is 5.15. The lowest BCUT2D eigenvalue weighted by atomic mass is 9.82. The maximum absolute atomic E-state index is 12.3. The molecular formula is C17H32N2O. The van der Waals surface area contributed by atoms with E-state index in [4.69, 9.17) is 0 Å². The highest BCUT2D eigenvalue weighted by molar-refractivity contribution is 5.79. The Kier molecular flexibility index (Phi) is 6.34. The van der Waals surface area contributed by atoms with Crippen molar-refractivity contribution in [3.05, 3.63) is 0 Å². The smallest absolute Gasteiger partial charge is 0.223 e. The number of nitrogens with one attached hydrogen (secondary N) is 2. The van der Waals surface area contributed by atoms with E-state index in [1.807, 2.05) is 0 Å².